The summed E-state index contributed by atoms with van der Waals surface area (Å²) in [5.41, 5.74) is 5.15. The zero-order valence-electron chi connectivity index (χ0n) is 17.0. The van der Waals surface area contributed by atoms with Crippen molar-refractivity contribution >= 4 is 17.3 Å². The maximum Gasteiger partial charge on any atom is 0.228 e. The number of nitrogens with one attached hydrogen (secondary N) is 2. The van der Waals surface area contributed by atoms with Gasteiger partial charge >= 0.3 is 0 Å². The Balaban J connectivity index is 1.55. The summed E-state index contributed by atoms with van der Waals surface area (Å²) in [6.07, 6.45) is 0.258. The van der Waals surface area contributed by atoms with Gasteiger partial charge in [0.25, 0.3) is 0 Å². The lowest BCUT2D eigenvalue weighted by molar-refractivity contribution is -0.115. The molecule has 0 aliphatic heterocycles. The molecule has 0 fully saturated rings. The third-order valence-electron chi connectivity index (χ3n) is 4.73. The van der Waals surface area contributed by atoms with E-state index in [0.717, 1.165) is 23.5 Å². The Morgan fingerprint density at radius 2 is 1.55 bits per heavy atom. The van der Waals surface area contributed by atoms with Gasteiger partial charge in [0.2, 0.25) is 5.91 Å². The van der Waals surface area contributed by atoms with Gasteiger partial charge in [0.15, 0.2) is 11.5 Å². The molecular weight excluding hydrogens is 364 g/mol. The van der Waals surface area contributed by atoms with Crippen LogP contribution >= 0.6 is 0 Å². The van der Waals surface area contributed by atoms with E-state index in [1.165, 1.54) is 11.1 Å². The first-order chi connectivity index (χ1) is 14.1. The maximum absolute atomic E-state index is 12.4. The molecule has 5 nitrogen and oxygen atoms in total. The molecule has 0 atom stereocenters. The molecule has 3 rings (SSSR count). The smallest absolute Gasteiger partial charge is 0.228 e. The van der Waals surface area contributed by atoms with Crippen LogP contribution in [-0.2, 0) is 17.8 Å². The van der Waals surface area contributed by atoms with E-state index in [1.54, 1.807) is 20.3 Å². The number of anilines is 2. The van der Waals surface area contributed by atoms with Crippen molar-refractivity contribution < 1.29 is 14.3 Å². The third-order valence-corrected chi connectivity index (χ3v) is 4.73. The van der Waals surface area contributed by atoms with Crippen molar-refractivity contribution in [1.29, 1.82) is 0 Å². The van der Waals surface area contributed by atoms with Gasteiger partial charge in [0, 0.05) is 17.9 Å². The average molecular weight is 390 g/mol. The Morgan fingerprint density at radius 1 is 0.862 bits per heavy atom. The molecule has 1 amide bonds. The second-order valence-electron chi connectivity index (χ2n) is 6.77. The standard InChI is InChI=1S/C24H26N2O3/c1-17-6-4-5-7-19(17)16-25-20-9-11-21(12-10-20)26-24(27)15-18-8-13-22(28-2)23(14-18)29-3/h4-14,25H,15-16H2,1-3H3,(H,26,27). The SMILES string of the molecule is COc1ccc(CC(=O)Nc2ccc(NCc3ccccc3C)cc2)cc1OC. The summed E-state index contributed by atoms with van der Waals surface area (Å²) in [5.74, 6) is 1.17. The van der Waals surface area contributed by atoms with Gasteiger partial charge in [-0.15, -0.1) is 0 Å². The first-order valence-electron chi connectivity index (χ1n) is 9.48. The summed E-state index contributed by atoms with van der Waals surface area (Å²) in [4.78, 5) is 12.4. The summed E-state index contributed by atoms with van der Waals surface area (Å²) in [6, 6.07) is 21.5. The van der Waals surface area contributed by atoms with Gasteiger partial charge in [0.05, 0.1) is 20.6 Å². The minimum absolute atomic E-state index is 0.0853. The number of methoxy groups -OCH3 is 2. The number of carbonyl (C=O) groups is 1. The second-order valence-corrected chi connectivity index (χ2v) is 6.77. The van der Waals surface area contributed by atoms with Crippen LogP contribution in [0.2, 0.25) is 0 Å². The monoisotopic (exact) mass is 390 g/mol. The minimum Gasteiger partial charge on any atom is -0.493 e. The number of ether oxygens (including phenoxy) is 2. The maximum atomic E-state index is 12.4. The first-order valence-corrected chi connectivity index (χ1v) is 9.48. The first kappa shape index (κ1) is 20.3. The molecule has 3 aromatic carbocycles. The Kier molecular flexibility index (Phi) is 6.74. The fraction of sp³-hybridized carbons (Fsp3) is 0.208. The lowest BCUT2D eigenvalue weighted by atomic mass is 10.1. The summed E-state index contributed by atoms with van der Waals surface area (Å²) >= 11 is 0. The highest BCUT2D eigenvalue weighted by molar-refractivity contribution is 5.92. The fourth-order valence-electron chi connectivity index (χ4n) is 3.06. The molecule has 0 radical (unpaired) electrons. The van der Waals surface area contributed by atoms with Crippen molar-refractivity contribution in [2.45, 2.75) is 19.9 Å². The number of benzene rings is 3. The van der Waals surface area contributed by atoms with Gasteiger partial charge in [-0.05, 0) is 60.0 Å². The molecule has 0 bridgehead atoms. The van der Waals surface area contributed by atoms with E-state index in [2.05, 4.69) is 29.7 Å². The quantitative estimate of drug-likeness (QED) is 0.580. The van der Waals surface area contributed by atoms with Crippen LogP contribution in [0.1, 0.15) is 16.7 Å². The molecule has 0 aliphatic rings. The lowest BCUT2D eigenvalue weighted by Crippen LogP contribution is -2.14. The number of rotatable bonds is 8. The average Bonchev–Trinajstić information content (AvgIpc) is 2.74. The molecule has 3 aromatic rings. The van der Waals surface area contributed by atoms with Crippen LogP contribution in [0.25, 0.3) is 0 Å². The lowest BCUT2D eigenvalue weighted by Gasteiger charge is -2.11. The van der Waals surface area contributed by atoms with Crippen LogP contribution in [0.4, 0.5) is 11.4 Å². The summed E-state index contributed by atoms with van der Waals surface area (Å²) < 4.78 is 10.5. The number of amides is 1. The normalized spacial score (nSPS) is 10.3. The van der Waals surface area contributed by atoms with Crippen LogP contribution in [0, 0.1) is 6.92 Å². The highest BCUT2D eigenvalue weighted by Crippen LogP contribution is 2.27. The van der Waals surface area contributed by atoms with Gasteiger partial charge in [-0.3, -0.25) is 4.79 Å². The summed E-state index contributed by atoms with van der Waals surface area (Å²) in [7, 11) is 3.17. The summed E-state index contributed by atoms with van der Waals surface area (Å²) in [5, 5.41) is 6.33. The molecule has 0 saturated heterocycles. The molecule has 0 saturated carbocycles. The van der Waals surface area contributed by atoms with E-state index >= 15 is 0 Å². The van der Waals surface area contributed by atoms with Crippen LogP contribution in [-0.4, -0.2) is 20.1 Å². The van der Waals surface area contributed by atoms with Crippen molar-refractivity contribution in [3.63, 3.8) is 0 Å². The summed E-state index contributed by atoms with van der Waals surface area (Å²) in [6.45, 7) is 2.87. The number of hydrogen-bond acceptors (Lipinski definition) is 4. The molecule has 150 valence electrons. The van der Waals surface area contributed by atoms with E-state index < -0.39 is 0 Å². The Labute approximate surface area is 171 Å². The van der Waals surface area contributed by atoms with Crippen molar-refractivity contribution in [2.75, 3.05) is 24.9 Å². The molecule has 2 N–H and O–H groups in total. The molecule has 0 aliphatic carbocycles. The second kappa shape index (κ2) is 9.64. The molecule has 29 heavy (non-hydrogen) atoms. The molecular formula is C24H26N2O3. The van der Waals surface area contributed by atoms with Gasteiger partial charge in [0.1, 0.15) is 0 Å². The Bertz CT molecular complexity index is 968. The number of carbonyl (C=O) groups excluding carboxylic acids is 1. The van der Waals surface area contributed by atoms with E-state index in [4.69, 9.17) is 9.47 Å². The Hall–Kier alpha value is -3.47. The van der Waals surface area contributed by atoms with Gasteiger partial charge in [-0.1, -0.05) is 30.3 Å². The predicted molar refractivity (Wildman–Crippen MR) is 117 cm³/mol. The van der Waals surface area contributed by atoms with Crippen molar-refractivity contribution in [2.24, 2.45) is 0 Å². The van der Waals surface area contributed by atoms with Gasteiger partial charge in [-0.25, -0.2) is 0 Å². The fourth-order valence-corrected chi connectivity index (χ4v) is 3.06. The van der Waals surface area contributed by atoms with E-state index in [9.17, 15) is 4.79 Å². The van der Waals surface area contributed by atoms with E-state index in [-0.39, 0.29) is 12.3 Å². The van der Waals surface area contributed by atoms with Crippen LogP contribution in [0.5, 0.6) is 11.5 Å². The van der Waals surface area contributed by atoms with Crippen LogP contribution in [0.15, 0.2) is 66.7 Å². The minimum atomic E-state index is -0.0853. The molecule has 5 heteroatoms. The van der Waals surface area contributed by atoms with Gasteiger partial charge in [-0.2, -0.15) is 0 Å². The topological polar surface area (TPSA) is 59.6 Å². The van der Waals surface area contributed by atoms with Crippen molar-refractivity contribution in [1.82, 2.24) is 0 Å². The van der Waals surface area contributed by atoms with Crippen LogP contribution < -0.4 is 20.1 Å². The molecule has 0 spiro atoms. The third kappa shape index (κ3) is 5.51. The highest BCUT2D eigenvalue weighted by atomic mass is 16.5. The molecule has 0 aromatic heterocycles. The zero-order chi connectivity index (χ0) is 20.6. The largest absolute Gasteiger partial charge is 0.493 e. The number of hydrogen-bond donors (Lipinski definition) is 2. The van der Waals surface area contributed by atoms with E-state index in [1.807, 2.05) is 48.5 Å². The number of aryl methyl sites for hydroxylation is 1. The van der Waals surface area contributed by atoms with E-state index in [0.29, 0.717) is 11.5 Å². The van der Waals surface area contributed by atoms with Gasteiger partial charge < -0.3 is 20.1 Å². The van der Waals surface area contributed by atoms with Crippen molar-refractivity contribution in [3.05, 3.63) is 83.4 Å². The molecule has 0 unspecified atom stereocenters. The highest BCUT2D eigenvalue weighted by Gasteiger charge is 2.09. The Morgan fingerprint density at radius 3 is 2.24 bits per heavy atom. The zero-order valence-corrected chi connectivity index (χ0v) is 17.0. The molecule has 0 heterocycles. The van der Waals surface area contributed by atoms with Crippen LogP contribution in [0.3, 0.4) is 0 Å². The van der Waals surface area contributed by atoms with Crippen molar-refractivity contribution in [3.8, 4) is 11.5 Å². The predicted octanol–water partition coefficient (Wildman–Crippen LogP) is 4.81.